The first-order valence-corrected chi connectivity index (χ1v) is 20.2. The highest BCUT2D eigenvalue weighted by molar-refractivity contribution is 6.74. The van der Waals surface area contributed by atoms with Crippen molar-refractivity contribution < 1.29 is 32.8 Å². The summed E-state index contributed by atoms with van der Waals surface area (Å²) in [6.45, 7) is 12.1. The molecular weight excluding hydrogens is 675 g/mol. The Labute approximate surface area is 297 Å². The molecule has 1 heterocycles. The van der Waals surface area contributed by atoms with Crippen LogP contribution in [-0.2, 0) is 22.2 Å². The fraction of sp³-hybridized carbons (Fsp3) is 0.410. The maximum Gasteiger partial charge on any atom is 0.265 e. The maximum atomic E-state index is 15.5. The van der Waals surface area contributed by atoms with E-state index >= 15 is 9.59 Å². The molecule has 0 bridgehead atoms. The van der Waals surface area contributed by atoms with E-state index in [1.54, 1.807) is 13.0 Å². The number of fused-ring (bicyclic) bond motifs is 5. The number of benzene rings is 3. The van der Waals surface area contributed by atoms with Gasteiger partial charge in [-0.25, -0.2) is 4.39 Å². The van der Waals surface area contributed by atoms with Crippen LogP contribution in [0.2, 0.25) is 23.2 Å². The van der Waals surface area contributed by atoms with Crippen molar-refractivity contribution >= 4 is 48.0 Å². The first-order valence-electron chi connectivity index (χ1n) is 17.0. The second-order valence-corrected chi connectivity index (χ2v) is 20.8. The molecular formula is C39H42ClFN2O6Si. The molecule has 7 rings (SSSR count). The number of ketones is 2. The zero-order valence-corrected chi connectivity index (χ0v) is 31.4. The highest BCUT2D eigenvalue weighted by atomic mass is 35.5. The molecule has 0 spiro atoms. The molecule has 0 amide bonds. The van der Waals surface area contributed by atoms with Gasteiger partial charge < -0.3 is 18.8 Å². The molecule has 262 valence electrons. The number of aryl methyl sites for hydroxylation is 1. The van der Waals surface area contributed by atoms with E-state index in [-0.39, 0.29) is 34.4 Å². The molecule has 4 aromatic rings. The van der Waals surface area contributed by atoms with Gasteiger partial charge in [0, 0.05) is 22.4 Å². The summed E-state index contributed by atoms with van der Waals surface area (Å²) < 4.78 is 33.7. The van der Waals surface area contributed by atoms with Gasteiger partial charge in [-0.15, -0.1) is 0 Å². The van der Waals surface area contributed by atoms with E-state index in [2.05, 4.69) is 25.9 Å². The number of Topliss-reactive ketones (excluding diaryl/α,β-unsaturated/α-hetero) is 2. The number of carbonyl (C=O) groups is 2. The van der Waals surface area contributed by atoms with Crippen LogP contribution in [0.4, 0.5) is 4.39 Å². The van der Waals surface area contributed by atoms with Gasteiger partial charge in [-0.05, 0) is 103 Å². The molecule has 0 radical (unpaired) electrons. The van der Waals surface area contributed by atoms with E-state index in [1.165, 1.54) is 12.1 Å². The number of hydrogen-bond acceptors (Lipinski definition) is 8. The third-order valence-corrected chi connectivity index (χ3v) is 16.3. The smallest absolute Gasteiger partial charge is 0.265 e. The average molecular weight is 717 g/mol. The second-order valence-electron chi connectivity index (χ2n) is 15.7. The summed E-state index contributed by atoms with van der Waals surface area (Å²) in [6.07, 6.45) is 0.675. The standard InChI is InChI=1S/C39H42ClFN2O6Si/c1-20-25-18-23(41)14-15-24(25)31(40)26-16-22-17-27-32(43(5)6)34-30(37(42-48-34)47-19-21-12-10-9-11-13-21)36(46)39(27,49-50(7,8)38(2,3)4)35(45)29(22)33(44)28(20)26/h9-15,18,22,27,32,44H,16-17,19H2,1-8H3/t22-,27-,32-,39-/m0/s1. The van der Waals surface area contributed by atoms with E-state index in [1.807, 2.05) is 62.4 Å². The second kappa shape index (κ2) is 11.9. The Balaban J connectivity index is 1.46. The fourth-order valence-corrected chi connectivity index (χ4v) is 9.79. The molecule has 3 aliphatic carbocycles. The molecule has 1 N–H and O–H groups in total. The Morgan fingerprint density at radius 3 is 2.44 bits per heavy atom. The van der Waals surface area contributed by atoms with Crippen molar-refractivity contribution in [2.75, 3.05) is 14.1 Å². The molecule has 1 saturated carbocycles. The number of carbonyl (C=O) groups excluding carboxylic acids is 2. The lowest BCUT2D eigenvalue weighted by molar-refractivity contribution is -0.140. The molecule has 1 fully saturated rings. The van der Waals surface area contributed by atoms with E-state index < -0.39 is 49.2 Å². The fourth-order valence-electron chi connectivity index (χ4n) is 8.01. The van der Waals surface area contributed by atoms with Gasteiger partial charge >= 0.3 is 0 Å². The van der Waals surface area contributed by atoms with Crippen LogP contribution in [0.1, 0.15) is 71.6 Å². The highest BCUT2D eigenvalue weighted by Gasteiger charge is 2.68. The van der Waals surface area contributed by atoms with E-state index in [0.717, 1.165) is 5.56 Å². The summed E-state index contributed by atoms with van der Waals surface area (Å²) in [5.74, 6) is -2.66. The van der Waals surface area contributed by atoms with Crippen molar-refractivity contribution in [3.8, 4) is 5.88 Å². The monoisotopic (exact) mass is 716 g/mol. The minimum Gasteiger partial charge on any atom is -0.507 e. The molecule has 4 atom stereocenters. The van der Waals surface area contributed by atoms with Crippen molar-refractivity contribution in [3.63, 3.8) is 0 Å². The van der Waals surface area contributed by atoms with Gasteiger partial charge in [0.2, 0.25) is 11.6 Å². The molecule has 1 aromatic heterocycles. The summed E-state index contributed by atoms with van der Waals surface area (Å²) in [6, 6.07) is 13.3. The van der Waals surface area contributed by atoms with Crippen molar-refractivity contribution in [3.05, 3.63) is 98.5 Å². The zero-order chi connectivity index (χ0) is 36.1. The van der Waals surface area contributed by atoms with Crippen LogP contribution >= 0.6 is 11.6 Å². The van der Waals surface area contributed by atoms with Gasteiger partial charge in [0.05, 0.1) is 11.1 Å². The number of aliphatic hydroxyl groups is 1. The lowest BCUT2D eigenvalue weighted by Gasteiger charge is -2.55. The topological polar surface area (TPSA) is 102 Å². The van der Waals surface area contributed by atoms with Gasteiger partial charge in [-0.2, -0.15) is 0 Å². The third-order valence-electron chi connectivity index (χ3n) is 11.5. The summed E-state index contributed by atoms with van der Waals surface area (Å²) >= 11 is 7.01. The Hall–Kier alpha value is -3.83. The summed E-state index contributed by atoms with van der Waals surface area (Å²) in [7, 11) is 0.878. The number of halogens is 2. The first-order chi connectivity index (χ1) is 23.5. The quantitative estimate of drug-likeness (QED) is 0.156. The van der Waals surface area contributed by atoms with Crippen molar-refractivity contribution in [1.29, 1.82) is 0 Å². The van der Waals surface area contributed by atoms with Crippen molar-refractivity contribution in [2.45, 2.75) is 76.9 Å². The van der Waals surface area contributed by atoms with Gasteiger partial charge in [0.15, 0.2) is 19.7 Å². The lowest BCUT2D eigenvalue weighted by atomic mass is 9.57. The van der Waals surface area contributed by atoms with Crippen molar-refractivity contribution in [1.82, 2.24) is 10.1 Å². The highest BCUT2D eigenvalue weighted by Crippen LogP contribution is 2.59. The molecule has 3 aromatic carbocycles. The molecule has 50 heavy (non-hydrogen) atoms. The normalized spacial score (nSPS) is 23.5. The largest absolute Gasteiger partial charge is 0.507 e. The molecule has 11 heteroatoms. The summed E-state index contributed by atoms with van der Waals surface area (Å²) in [4.78, 5) is 32.8. The number of nitrogens with zero attached hydrogens (tertiary/aromatic N) is 2. The minimum absolute atomic E-state index is 0.00408. The van der Waals surface area contributed by atoms with Crippen LogP contribution < -0.4 is 4.74 Å². The third kappa shape index (κ3) is 5.01. The Morgan fingerprint density at radius 1 is 1.08 bits per heavy atom. The summed E-state index contributed by atoms with van der Waals surface area (Å²) in [5.41, 5.74) is 0.795. The van der Waals surface area contributed by atoms with Crippen LogP contribution in [0.15, 0.2) is 58.6 Å². The predicted octanol–water partition coefficient (Wildman–Crippen LogP) is 8.80. The zero-order valence-electron chi connectivity index (χ0n) is 29.6. The van der Waals surface area contributed by atoms with Crippen LogP contribution in [0, 0.1) is 24.6 Å². The SMILES string of the molecule is Cc1c2c(c(Cl)c3ccc(F)cc13)C[C@H]1C[C@H]3[C@H](N(C)C)c4onc(OCc5ccccc5)c4C(=O)[C@@]3(O[Si](C)(C)C(C)(C)C)C(=O)C1=C2O. The van der Waals surface area contributed by atoms with Crippen LogP contribution in [0.3, 0.4) is 0 Å². The van der Waals surface area contributed by atoms with E-state index in [9.17, 15) is 9.50 Å². The van der Waals surface area contributed by atoms with Crippen LogP contribution in [-0.4, -0.2) is 54.7 Å². The van der Waals surface area contributed by atoms with Gasteiger partial charge in [-0.1, -0.05) is 62.7 Å². The van der Waals surface area contributed by atoms with Gasteiger partial charge in [0.1, 0.15) is 23.7 Å². The van der Waals surface area contributed by atoms with Crippen LogP contribution in [0.5, 0.6) is 5.88 Å². The first kappa shape index (κ1) is 34.6. The van der Waals surface area contributed by atoms with Crippen molar-refractivity contribution in [2.24, 2.45) is 11.8 Å². The molecule has 3 aliphatic rings. The number of rotatable bonds is 6. The number of ether oxygens (including phenoxy) is 1. The van der Waals surface area contributed by atoms with Gasteiger partial charge in [-0.3, -0.25) is 14.5 Å². The van der Waals surface area contributed by atoms with Crippen LogP contribution in [0.25, 0.3) is 16.5 Å². The lowest BCUT2D eigenvalue weighted by Crippen LogP contribution is -2.68. The summed E-state index contributed by atoms with van der Waals surface area (Å²) in [5, 5.41) is 17.7. The molecule has 0 aliphatic heterocycles. The Bertz CT molecular complexity index is 2100. The molecule has 0 saturated heterocycles. The number of hydrogen-bond donors (Lipinski definition) is 1. The van der Waals surface area contributed by atoms with Gasteiger partial charge in [0.25, 0.3) is 5.88 Å². The van der Waals surface area contributed by atoms with E-state index in [0.29, 0.717) is 51.1 Å². The predicted molar refractivity (Wildman–Crippen MR) is 193 cm³/mol. The Kier molecular flexibility index (Phi) is 8.21. The number of aromatic nitrogens is 1. The average Bonchev–Trinajstić information content (AvgIpc) is 3.47. The Morgan fingerprint density at radius 2 is 1.78 bits per heavy atom. The minimum atomic E-state index is -2.88. The maximum absolute atomic E-state index is 15.5. The van der Waals surface area contributed by atoms with E-state index in [4.69, 9.17) is 25.3 Å². The molecule has 8 nitrogen and oxygen atoms in total. The molecule has 0 unspecified atom stereocenters. The number of aliphatic hydroxyl groups excluding tert-OH is 1.